The van der Waals surface area contributed by atoms with Gasteiger partial charge in [-0.05, 0) is 79.6 Å². The van der Waals surface area contributed by atoms with E-state index in [1.807, 2.05) is 52.9 Å². The standard InChI is InChI=1S/C26H26FN3O2/c1-17-15-29(16-28-17)24-8-5-18(11-25(24)32-2)10-20-4-3-9-30(26(20)31)23-13-19-6-7-22(27)12-21(19)14-23/h5-8,10-12,15-16,23H,3-4,9,13-14H2,1-2H3/b20-10+/t23-/m0/s1. The Bertz CT molecular complexity index is 1210. The molecule has 1 aliphatic heterocycles. The molecule has 164 valence electrons. The van der Waals surface area contributed by atoms with Gasteiger partial charge >= 0.3 is 0 Å². The van der Waals surface area contributed by atoms with Crippen LogP contribution in [0.4, 0.5) is 4.39 Å². The Morgan fingerprint density at radius 1 is 1.16 bits per heavy atom. The number of aryl methyl sites for hydroxylation is 1. The van der Waals surface area contributed by atoms with Crippen LogP contribution in [-0.4, -0.2) is 40.1 Å². The third-order valence-electron chi connectivity index (χ3n) is 6.44. The van der Waals surface area contributed by atoms with Crippen molar-refractivity contribution in [2.75, 3.05) is 13.7 Å². The molecular weight excluding hydrogens is 405 g/mol. The van der Waals surface area contributed by atoms with E-state index in [2.05, 4.69) is 4.98 Å². The summed E-state index contributed by atoms with van der Waals surface area (Å²) in [6.45, 7) is 2.70. The minimum Gasteiger partial charge on any atom is -0.495 e. The molecule has 0 unspecified atom stereocenters. The first-order chi connectivity index (χ1) is 15.5. The predicted octanol–water partition coefficient (Wildman–Crippen LogP) is 4.50. The molecule has 1 saturated heterocycles. The second kappa shape index (κ2) is 8.26. The van der Waals surface area contributed by atoms with Crippen molar-refractivity contribution in [3.8, 4) is 11.4 Å². The average molecular weight is 432 g/mol. The highest BCUT2D eigenvalue weighted by atomic mass is 19.1. The molecule has 0 N–H and O–H groups in total. The molecule has 1 atom stereocenters. The molecule has 0 radical (unpaired) electrons. The quantitative estimate of drug-likeness (QED) is 0.572. The number of rotatable bonds is 4. The fourth-order valence-corrected chi connectivity index (χ4v) is 4.85. The van der Waals surface area contributed by atoms with Crippen LogP contribution < -0.4 is 4.74 Å². The molecule has 5 rings (SSSR count). The van der Waals surface area contributed by atoms with E-state index in [4.69, 9.17) is 4.74 Å². The Morgan fingerprint density at radius 3 is 2.78 bits per heavy atom. The summed E-state index contributed by atoms with van der Waals surface area (Å²) in [5.41, 5.74) is 5.76. The largest absolute Gasteiger partial charge is 0.495 e. The number of hydrogen-bond donors (Lipinski definition) is 0. The topological polar surface area (TPSA) is 47.4 Å². The molecule has 1 amide bonds. The maximum atomic E-state index is 13.6. The highest BCUT2D eigenvalue weighted by Crippen LogP contribution is 2.31. The molecule has 1 aliphatic carbocycles. The normalized spacial score (nSPS) is 19.5. The number of halogens is 1. The van der Waals surface area contributed by atoms with Gasteiger partial charge in [0.2, 0.25) is 5.91 Å². The molecule has 3 aromatic rings. The SMILES string of the molecule is COc1cc(/C=C2\CCCN([C@H]3Cc4ccc(F)cc4C3)C2=O)ccc1-n1cnc(C)c1. The molecular formula is C26H26FN3O2. The van der Waals surface area contributed by atoms with Crippen molar-refractivity contribution in [1.82, 2.24) is 14.5 Å². The number of methoxy groups -OCH3 is 1. The number of piperidine rings is 1. The van der Waals surface area contributed by atoms with Crippen molar-refractivity contribution in [2.24, 2.45) is 0 Å². The summed E-state index contributed by atoms with van der Waals surface area (Å²) in [5, 5.41) is 0. The van der Waals surface area contributed by atoms with Gasteiger partial charge in [-0.1, -0.05) is 12.1 Å². The van der Waals surface area contributed by atoms with E-state index >= 15 is 0 Å². The van der Waals surface area contributed by atoms with E-state index < -0.39 is 0 Å². The fourth-order valence-electron chi connectivity index (χ4n) is 4.85. The minimum absolute atomic E-state index is 0.0859. The zero-order chi connectivity index (χ0) is 22.2. The van der Waals surface area contributed by atoms with Crippen molar-refractivity contribution in [2.45, 2.75) is 38.6 Å². The summed E-state index contributed by atoms with van der Waals surface area (Å²) in [4.78, 5) is 19.6. The molecule has 2 aliphatic rings. The van der Waals surface area contributed by atoms with E-state index in [1.54, 1.807) is 19.5 Å². The maximum absolute atomic E-state index is 13.6. The Labute approximate surface area is 187 Å². The zero-order valence-electron chi connectivity index (χ0n) is 18.3. The molecule has 0 bridgehead atoms. The predicted molar refractivity (Wildman–Crippen MR) is 121 cm³/mol. The Morgan fingerprint density at radius 2 is 2.00 bits per heavy atom. The molecule has 0 spiro atoms. The van der Waals surface area contributed by atoms with Crippen molar-refractivity contribution in [3.05, 3.63) is 82.7 Å². The second-order valence-electron chi connectivity index (χ2n) is 8.60. The van der Waals surface area contributed by atoms with Crippen LogP contribution in [0.5, 0.6) is 5.75 Å². The van der Waals surface area contributed by atoms with Gasteiger partial charge in [0.15, 0.2) is 0 Å². The molecule has 1 aromatic heterocycles. The van der Waals surface area contributed by atoms with Gasteiger partial charge < -0.3 is 14.2 Å². The van der Waals surface area contributed by atoms with Gasteiger partial charge in [0.05, 0.1) is 24.8 Å². The smallest absolute Gasteiger partial charge is 0.250 e. The Balaban J connectivity index is 1.38. The molecule has 2 aromatic carbocycles. The number of nitrogens with zero attached hydrogens (tertiary/aromatic N) is 3. The Hall–Kier alpha value is -3.41. The Kier molecular flexibility index (Phi) is 5.29. The van der Waals surface area contributed by atoms with Crippen molar-refractivity contribution >= 4 is 12.0 Å². The summed E-state index contributed by atoms with van der Waals surface area (Å²) >= 11 is 0. The van der Waals surface area contributed by atoms with Gasteiger partial charge in [-0.3, -0.25) is 4.79 Å². The molecule has 5 nitrogen and oxygen atoms in total. The highest BCUT2D eigenvalue weighted by molar-refractivity contribution is 5.98. The lowest BCUT2D eigenvalue weighted by molar-refractivity contribution is -0.130. The van der Waals surface area contributed by atoms with E-state index in [0.29, 0.717) is 0 Å². The van der Waals surface area contributed by atoms with E-state index in [1.165, 1.54) is 6.07 Å². The van der Waals surface area contributed by atoms with Crippen LogP contribution in [0.2, 0.25) is 0 Å². The zero-order valence-corrected chi connectivity index (χ0v) is 18.3. The number of amides is 1. The molecule has 1 fully saturated rings. The van der Waals surface area contributed by atoms with Gasteiger partial charge in [-0.15, -0.1) is 0 Å². The second-order valence-corrected chi connectivity index (χ2v) is 8.60. The third-order valence-corrected chi connectivity index (χ3v) is 6.44. The lowest BCUT2D eigenvalue weighted by Crippen LogP contribution is -2.44. The maximum Gasteiger partial charge on any atom is 0.250 e. The van der Waals surface area contributed by atoms with E-state index in [9.17, 15) is 9.18 Å². The number of benzene rings is 2. The van der Waals surface area contributed by atoms with Crippen molar-refractivity contribution in [1.29, 1.82) is 0 Å². The summed E-state index contributed by atoms with van der Waals surface area (Å²) < 4.78 is 21.1. The number of aromatic nitrogens is 2. The van der Waals surface area contributed by atoms with Gasteiger partial charge in [0.1, 0.15) is 11.6 Å². The molecule has 32 heavy (non-hydrogen) atoms. The number of likely N-dealkylation sites (tertiary alicyclic amines) is 1. The highest BCUT2D eigenvalue weighted by Gasteiger charge is 2.33. The van der Waals surface area contributed by atoms with Crippen molar-refractivity contribution in [3.63, 3.8) is 0 Å². The lowest BCUT2D eigenvalue weighted by atomic mass is 9.98. The van der Waals surface area contributed by atoms with Gasteiger partial charge in [-0.2, -0.15) is 0 Å². The first kappa shape index (κ1) is 20.5. The average Bonchev–Trinajstić information content (AvgIpc) is 3.40. The summed E-state index contributed by atoms with van der Waals surface area (Å²) in [6.07, 6.45) is 8.89. The molecule has 0 saturated carbocycles. The first-order valence-corrected chi connectivity index (χ1v) is 11.0. The monoisotopic (exact) mass is 431 g/mol. The summed E-state index contributed by atoms with van der Waals surface area (Å²) in [7, 11) is 1.65. The summed E-state index contributed by atoms with van der Waals surface area (Å²) in [6, 6.07) is 11.0. The molecule has 2 heterocycles. The minimum atomic E-state index is -0.210. The van der Waals surface area contributed by atoms with E-state index in [0.717, 1.165) is 71.6 Å². The van der Waals surface area contributed by atoms with Crippen LogP contribution in [-0.2, 0) is 17.6 Å². The third kappa shape index (κ3) is 3.81. The van der Waals surface area contributed by atoms with Gasteiger partial charge in [0.25, 0.3) is 0 Å². The van der Waals surface area contributed by atoms with Crippen LogP contribution in [0.15, 0.2) is 54.5 Å². The van der Waals surface area contributed by atoms with Crippen LogP contribution in [0.1, 0.15) is 35.2 Å². The van der Waals surface area contributed by atoms with Crippen LogP contribution >= 0.6 is 0 Å². The van der Waals surface area contributed by atoms with Gasteiger partial charge in [0, 0.05) is 24.4 Å². The number of carbonyl (C=O) groups is 1. The first-order valence-electron chi connectivity index (χ1n) is 11.0. The van der Waals surface area contributed by atoms with E-state index in [-0.39, 0.29) is 17.8 Å². The van der Waals surface area contributed by atoms with Crippen LogP contribution in [0.25, 0.3) is 11.8 Å². The number of carbonyl (C=O) groups excluding carboxylic acids is 1. The lowest BCUT2D eigenvalue weighted by Gasteiger charge is -2.33. The number of imidazole rings is 1. The fraction of sp³-hybridized carbons (Fsp3) is 0.308. The van der Waals surface area contributed by atoms with Gasteiger partial charge in [-0.25, -0.2) is 9.37 Å². The van der Waals surface area contributed by atoms with Crippen LogP contribution in [0, 0.1) is 12.7 Å². The van der Waals surface area contributed by atoms with Crippen molar-refractivity contribution < 1.29 is 13.9 Å². The molecule has 6 heteroatoms. The number of hydrogen-bond acceptors (Lipinski definition) is 3. The number of ether oxygens (including phenoxy) is 1. The summed E-state index contributed by atoms with van der Waals surface area (Å²) in [5.74, 6) is 0.603. The van der Waals surface area contributed by atoms with Crippen LogP contribution in [0.3, 0.4) is 0 Å². The number of fused-ring (bicyclic) bond motifs is 1.